The number of hydrogen-bond donors (Lipinski definition) is 2. The molecule has 1 aliphatic rings. The Morgan fingerprint density at radius 1 is 1.39 bits per heavy atom. The quantitative estimate of drug-likeness (QED) is 0.599. The lowest BCUT2D eigenvalue weighted by Gasteiger charge is -2.15. The van der Waals surface area contributed by atoms with E-state index >= 15 is 0 Å². The predicted molar refractivity (Wildman–Crippen MR) is 65.2 cm³/mol. The van der Waals surface area contributed by atoms with Crippen LogP contribution in [-0.4, -0.2) is 42.1 Å². The third-order valence-corrected chi connectivity index (χ3v) is 4.45. The Labute approximate surface area is 104 Å². The number of aliphatic hydroxyl groups is 1. The van der Waals surface area contributed by atoms with Gasteiger partial charge in [0.25, 0.3) is 5.69 Å². The molecule has 0 spiro atoms. The zero-order chi connectivity index (χ0) is 13.3. The maximum Gasteiger partial charge on any atom is 0.271 e. The van der Waals surface area contributed by atoms with E-state index in [0.29, 0.717) is 5.69 Å². The molecule has 8 heteroatoms. The zero-order valence-electron chi connectivity index (χ0n) is 9.31. The highest BCUT2D eigenvalue weighted by Crippen LogP contribution is 2.21. The summed E-state index contributed by atoms with van der Waals surface area (Å²) in [5.41, 5.74) is 0.334. The van der Waals surface area contributed by atoms with E-state index in [0.717, 1.165) is 0 Å². The van der Waals surface area contributed by atoms with Crippen LogP contribution in [0.2, 0.25) is 0 Å². The van der Waals surface area contributed by atoms with Crippen molar-refractivity contribution >= 4 is 21.2 Å². The summed E-state index contributed by atoms with van der Waals surface area (Å²) in [4.78, 5) is 10.1. The van der Waals surface area contributed by atoms with E-state index in [4.69, 9.17) is 0 Å². The molecular weight excluding hydrogens is 260 g/mol. The molecule has 2 N–H and O–H groups in total. The molecule has 1 aliphatic heterocycles. The highest BCUT2D eigenvalue weighted by molar-refractivity contribution is 7.91. The molecule has 1 aromatic carbocycles. The number of aliphatic hydroxyl groups excluding tert-OH is 1. The molecule has 0 aliphatic carbocycles. The first kappa shape index (κ1) is 12.8. The minimum Gasteiger partial charge on any atom is -0.390 e. The molecule has 0 aromatic heterocycles. The summed E-state index contributed by atoms with van der Waals surface area (Å²) < 4.78 is 22.6. The highest BCUT2D eigenvalue weighted by atomic mass is 32.2. The summed E-state index contributed by atoms with van der Waals surface area (Å²) in [7, 11) is -3.24. The lowest BCUT2D eigenvalue weighted by molar-refractivity contribution is -0.384. The van der Waals surface area contributed by atoms with Crippen molar-refractivity contribution in [2.75, 3.05) is 16.8 Å². The molecular formula is C10H12N2O5S. The molecule has 1 aromatic rings. The Kier molecular flexibility index (Phi) is 3.22. The van der Waals surface area contributed by atoms with E-state index in [-0.39, 0.29) is 17.2 Å². The van der Waals surface area contributed by atoms with Crippen LogP contribution in [-0.2, 0) is 9.84 Å². The number of sulfone groups is 1. The van der Waals surface area contributed by atoms with Crippen LogP contribution in [0.1, 0.15) is 0 Å². The van der Waals surface area contributed by atoms with Crippen molar-refractivity contribution in [3.8, 4) is 0 Å². The minimum absolute atomic E-state index is 0.0876. The van der Waals surface area contributed by atoms with Crippen molar-refractivity contribution in [1.29, 1.82) is 0 Å². The zero-order valence-corrected chi connectivity index (χ0v) is 10.1. The molecule has 1 fully saturated rings. The molecule has 18 heavy (non-hydrogen) atoms. The molecule has 0 saturated carbocycles. The Morgan fingerprint density at radius 2 is 2.11 bits per heavy atom. The number of anilines is 1. The maximum atomic E-state index is 11.3. The van der Waals surface area contributed by atoms with Gasteiger partial charge >= 0.3 is 0 Å². The largest absolute Gasteiger partial charge is 0.390 e. The summed E-state index contributed by atoms with van der Waals surface area (Å²) in [5, 5.41) is 23.0. The molecule has 0 bridgehead atoms. The van der Waals surface area contributed by atoms with E-state index in [1.807, 2.05) is 0 Å². The van der Waals surface area contributed by atoms with Gasteiger partial charge in [0, 0.05) is 17.8 Å². The molecule has 2 unspecified atom stereocenters. The van der Waals surface area contributed by atoms with Crippen LogP contribution in [0.15, 0.2) is 24.3 Å². The Bertz CT molecular complexity index is 571. The number of hydrogen-bond acceptors (Lipinski definition) is 6. The molecule has 0 amide bonds. The van der Waals surface area contributed by atoms with Gasteiger partial charge in [-0.05, 0) is 6.07 Å². The third-order valence-electron chi connectivity index (χ3n) is 2.73. The summed E-state index contributed by atoms with van der Waals surface area (Å²) in [5.74, 6) is -0.448. The van der Waals surface area contributed by atoms with E-state index in [1.165, 1.54) is 18.2 Å². The number of non-ortho nitro benzene ring substituents is 1. The van der Waals surface area contributed by atoms with Crippen LogP contribution in [0.3, 0.4) is 0 Å². The van der Waals surface area contributed by atoms with Crippen molar-refractivity contribution in [1.82, 2.24) is 0 Å². The summed E-state index contributed by atoms with van der Waals surface area (Å²) >= 11 is 0. The number of nitro benzene ring substituents is 1. The number of nitrogens with zero attached hydrogens (tertiary/aromatic N) is 1. The van der Waals surface area contributed by atoms with Crippen molar-refractivity contribution in [2.24, 2.45) is 0 Å². The summed E-state index contributed by atoms with van der Waals surface area (Å²) in [6.07, 6.45) is -0.991. The fourth-order valence-corrected chi connectivity index (χ4v) is 3.63. The van der Waals surface area contributed by atoms with Gasteiger partial charge < -0.3 is 10.4 Å². The second-order valence-corrected chi connectivity index (χ2v) is 6.36. The SMILES string of the molecule is O=[N+]([O-])c1cccc(NC2CS(=O)(=O)CC2O)c1. The molecule has 7 nitrogen and oxygen atoms in total. The number of nitro groups is 1. The second kappa shape index (κ2) is 4.54. The Morgan fingerprint density at radius 3 is 2.67 bits per heavy atom. The minimum atomic E-state index is -3.24. The molecule has 2 atom stereocenters. The highest BCUT2D eigenvalue weighted by Gasteiger charge is 2.36. The lowest BCUT2D eigenvalue weighted by atomic mass is 10.2. The third kappa shape index (κ3) is 2.77. The predicted octanol–water partition coefficient (Wildman–Crippen LogP) is 0.165. The van der Waals surface area contributed by atoms with Gasteiger partial charge in [0.1, 0.15) is 0 Å². The normalized spacial score (nSPS) is 25.8. The maximum absolute atomic E-state index is 11.3. The number of rotatable bonds is 3. The van der Waals surface area contributed by atoms with Gasteiger partial charge in [-0.15, -0.1) is 0 Å². The molecule has 98 valence electrons. The number of nitrogens with one attached hydrogen (secondary N) is 1. The smallest absolute Gasteiger partial charge is 0.271 e. The first-order chi connectivity index (χ1) is 8.37. The van der Waals surface area contributed by atoms with E-state index in [1.54, 1.807) is 6.07 Å². The standard InChI is InChI=1S/C10H12N2O5S/c13-10-6-18(16,17)5-9(10)11-7-2-1-3-8(4-7)12(14)15/h1-4,9-11,13H,5-6H2. The lowest BCUT2D eigenvalue weighted by Crippen LogP contribution is -2.31. The summed E-state index contributed by atoms with van der Waals surface area (Å²) in [6, 6.07) is 5.10. The van der Waals surface area contributed by atoms with Gasteiger partial charge in [0.05, 0.1) is 28.6 Å². The first-order valence-electron chi connectivity index (χ1n) is 5.27. The van der Waals surface area contributed by atoms with Crippen molar-refractivity contribution in [3.63, 3.8) is 0 Å². The molecule has 2 rings (SSSR count). The van der Waals surface area contributed by atoms with E-state index in [9.17, 15) is 23.6 Å². The van der Waals surface area contributed by atoms with Gasteiger partial charge in [0.15, 0.2) is 9.84 Å². The van der Waals surface area contributed by atoms with Gasteiger partial charge in [-0.3, -0.25) is 10.1 Å². The Balaban J connectivity index is 2.15. The topological polar surface area (TPSA) is 110 Å². The van der Waals surface area contributed by atoms with Gasteiger partial charge in [-0.1, -0.05) is 6.07 Å². The monoisotopic (exact) mass is 272 g/mol. The fraction of sp³-hybridized carbons (Fsp3) is 0.400. The van der Waals surface area contributed by atoms with Gasteiger partial charge in [-0.2, -0.15) is 0 Å². The average Bonchev–Trinajstić information content (AvgIpc) is 2.52. The van der Waals surface area contributed by atoms with Gasteiger partial charge in [-0.25, -0.2) is 8.42 Å². The van der Waals surface area contributed by atoms with Crippen LogP contribution in [0.25, 0.3) is 0 Å². The van der Waals surface area contributed by atoms with E-state index < -0.39 is 26.9 Å². The van der Waals surface area contributed by atoms with Crippen LogP contribution in [0.5, 0.6) is 0 Å². The van der Waals surface area contributed by atoms with Crippen LogP contribution in [0, 0.1) is 10.1 Å². The van der Waals surface area contributed by atoms with Crippen molar-refractivity contribution in [2.45, 2.75) is 12.1 Å². The van der Waals surface area contributed by atoms with E-state index in [2.05, 4.69) is 5.32 Å². The van der Waals surface area contributed by atoms with Crippen molar-refractivity contribution in [3.05, 3.63) is 34.4 Å². The molecule has 0 radical (unpaired) electrons. The van der Waals surface area contributed by atoms with Gasteiger partial charge in [0.2, 0.25) is 0 Å². The number of benzene rings is 1. The van der Waals surface area contributed by atoms with Crippen LogP contribution < -0.4 is 5.32 Å². The van der Waals surface area contributed by atoms with Crippen LogP contribution in [0.4, 0.5) is 11.4 Å². The first-order valence-corrected chi connectivity index (χ1v) is 7.09. The Hall–Kier alpha value is -1.67. The molecule has 1 heterocycles. The van der Waals surface area contributed by atoms with Crippen molar-refractivity contribution < 1.29 is 18.4 Å². The summed E-state index contributed by atoms with van der Waals surface area (Å²) in [6.45, 7) is 0. The average molecular weight is 272 g/mol. The molecule has 1 saturated heterocycles. The second-order valence-electron chi connectivity index (χ2n) is 4.20. The van der Waals surface area contributed by atoms with Crippen LogP contribution >= 0.6 is 0 Å². The fourth-order valence-electron chi connectivity index (χ4n) is 1.89.